The van der Waals surface area contributed by atoms with Gasteiger partial charge in [0, 0.05) is 15.6 Å². The fourth-order valence-corrected chi connectivity index (χ4v) is 2.59. The Kier molecular flexibility index (Phi) is 4.92. The van der Waals surface area contributed by atoms with Crippen LogP contribution in [0.25, 0.3) is 0 Å². The first kappa shape index (κ1) is 15.2. The predicted molar refractivity (Wildman–Crippen MR) is 85.1 cm³/mol. The lowest BCUT2D eigenvalue weighted by Crippen LogP contribution is -2.18. The molecule has 0 fully saturated rings. The Balaban J connectivity index is 2.51. The molecule has 0 aliphatic heterocycles. The van der Waals surface area contributed by atoms with Gasteiger partial charge in [0.1, 0.15) is 5.75 Å². The number of benzene rings is 2. The summed E-state index contributed by atoms with van der Waals surface area (Å²) in [7, 11) is 3.56. The van der Waals surface area contributed by atoms with Gasteiger partial charge in [0.25, 0.3) is 0 Å². The van der Waals surface area contributed by atoms with Crippen LogP contribution < -0.4 is 10.1 Å². The Bertz CT molecular complexity index is 613. The molecule has 0 aromatic heterocycles. The van der Waals surface area contributed by atoms with Crippen molar-refractivity contribution in [1.82, 2.24) is 5.32 Å². The van der Waals surface area contributed by atoms with Crippen LogP contribution in [0.4, 0.5) is 0 Å². The molecule has 0 amide bonds. The van der Waals surface area contributed by atoms with Crippen LogP contribution in [0.15, 0.2) is 36.4 Å². The number of nitrogens with one attached hydrogen (secondary N) is 1. The topological polar surface area (TPSA) is 21.3 Å². The number of hydrogen-bond acceptors (Lipinski definition) is 2. The largest absolute Gasteiger partial charge is 0.496 e. The molecule has 0 aliphatic carbocycles. The molecule has 0 saturated carbocycles. The van der Waals surface area contributed by atoms with Gasteiger partial charge < -0.3 is 10.1 Å². The molecule has 20 heavy (non-hydrogen) atoms. The quantitative estimate of drug-likeness (QED) is 0.890. The SMILES string of the molecule is CNC(c1ccc(C)c(Cl)c1)c1cc(Cl)ccc1OC. The maximum atomic E-state index is 6.22. The third-order valence-corrected chi connectivity index (χ3v) is 3.96. The van der Waals surface area contributed by atoms with Crippen molar-refractivity contribution in [1.29, 1.82) is 0 Å². The van der Waals surface area contributed by atoms with E-state index >= 15 is 0 Å². The number of ether oxygens (including phenoxy) is 1. The van der Waals surface area contributed by atoms with Gasteiger partial charge in [-0.25, -0.2) is 0 Å². The van der Waals surface area contributed by atoms with Crippen molar-refractivity contribution in [3.63, 3.8) is 0 Å². The van der Waals surface area contributed by atoms with Crippen LogP contribution in [0.2, 0.25) is 10.0 Å². The van der Waals surface area contributed by atoms with Gasteiger partial charge >= 0.3 is 0 Å². The summed E-state index contributed by atoms with van der Waals surface area (Å²) in [5.41, 5.74) is 3.12. The molecule has 0 bridgehead atoms. The number of hydrogen-bond donors (Lipinski definition) is 1. The molecule has 1 N–H and O–H groups in total. The van der Waals surface area contributed by atoms with Gasteiger partial charge in [-0.3, -0.25) is 0 Å². The molecule has 4 heteroatoms. The molecule has 2 aromatic carbocycles. The van der Waals surface area contributed by atoms with Gasteiger partial charge in [0.2, 0.25) is 0 Å². The summed E-state index contributed by atoms with van der Waals surface area (Å²) < 4.78 is 5.43. The van der Waals surface area contributed by atoms with Crippen LogP contribution in [0, 0.1) is 6.92 Å². The Morgan fingerprint density at radius 1 is 1.10 bits per heavy atom. The number of rotatable bonds is 4. The smallest absolute Gasteiger partial charge is 0.124 e. The summed E-state index contributed by atoms with van der Waals surface area (Å²) in [6, 6.07) is 11.6. The van der Waals surface area contributed by atoms with Crippen LogP contribution in [-0.2, 0) is 0 Å². The van der Waals surface area contributed by atoms with E-state index < -0.39 is 0 Å². The van der Waals surface area contributed by atoms with E-state index in [1.54, 1.807) is 7.11 Å². The average molecular weight is 310 g/mol. The highest BCUT2D eigenvalue weighted by atomic mass is 35.5. The van der Waals surface area contributed by atoms with Gasteiger partial charge in [0.05, 0.1) is 13.2 Å². The van der Waals surface area contributed by atoms with Crippen molar-refractivity contribution in [2.45, 2.75) is 13.0 Å². The fraction of sp³-hybridized carbons (Fsp3) is 0.250. The van der Waals surface area contributed by atoms with Crippen LogP contribution in [-0.4, -0.2) is 14.2 Å². The van der Waals surface area contributed by atoms with E-state index in [0.29, 0.717) is 5.02 Å². The Labute approximate surface area is 129 Å². The van der Waals surface area contributed by atoms with Crippen molar-refractivity contribution in [3.8, 4) is 5.75 Å². The monoisotopic (exact) mass is 309 g/mol. The number of methoxy groups -OCH3 is 1. The van der Waals surface area contributed by atoms with Gasteiger partial charge in [0.15, 0.2) is 0 Å². The fourth-order valence-electron chi connectivity index (χ4n) is 2.22. The van der Waals surface area contributed by atoms with E-state index in [1.165, 1.54) is 0 Å². The Morgan fingerprint density at radius 3 is 2.45 bits per heavy atom. The van der Waals surface area contributed by atoms with Crippen molar-refractivity contribution in [3.05, 3.63) is 63.1 Å². The molecule has 0 saturated heterocycles. The minimum atomic E-state index is -0.0262. The summed E-state index contributed by atoms with van der Waals surface area (Å²) in [5.74, 6) is 0.797. The number of aryl methyl sites for hydroxylation is 1. The molecule has 106 valence electrons. The second-order valence-electron chi connectivity index (χ2n) is 4.62. The maximum absolute atomic E-state index is 6.22. The third kappa shape index (κ3) is 3.09. The first-order valence-corrected chi connectivity index (χ1v) is 7.09. The zero-order chi connectivity index (χ0) is 14.7. The lowest BCUT2D eigenvalue weighted by Gasteiger charge is -2.20. The van der Waals surface area contributed by atoms with Gasteiger partial charge in [-0.2, -0.15) is 0 Å². The average Bonchev–Trinajstić information content (AvgIpc) is 2.44. The second kappa shape index (κ2) is 6.49. The van der Waals surface area contributed by atoms with Crippen molar-refractivity contribution < 1.29 is 4.74 Å². The normalized spacial score (nSPS) is 12.2. The maximum Gasteiger partial charge on any atom is 0.124 e. The van der Waals surface area contributed by atoms with E-state index in [4.69, 9.17) is 27.9 Å². The Hall–Kier alpha value is -1.22. The van der Waals surface area contributed by atoms with Gasteiger partial charge in [-0.1, -0.05) is 35.3 Å². The minimum absolute atomic E-state index is 0.0262. The highest BCUT2D eigenvalue weighted by Gasteiger charge is 2.17. The second-order valence-corrected chi connectivity index (χ2v) is 5.46. The molecule has 0 heterocycles. The number of halogens is 2. The summed E-state index contributed by atoms with van der Waals surface area (Å²) in [6.45, 7) is 1.99. The molecule has 0 aliphatic rings. The molecule has 0 radical (unpaired) electrons. The van der Waals surface area contributed by atoms with Gasteiger partial charge in [-0.05, 0) is 49.4 Å². The lowest BCUT2D eigenvalue weighted by molar-refractivity contribution is 0.405. The van der Waals surface area contributed by atoms with E-state index in [1.807, 2.05) is 44.3 Å². The molecule has 1 atom stereocenters. The first-order chi connectivity index (χ1) is 9.56. The minimum Gasteiger partial charge on any atom is -0.496 e. The molecule has 2 aromatic rings. The van der Waals surface area contributed by atoms with Crippen LogP contribution in [0.3, 0.4) is 0 Å². The predicted octanol–water partition coefficient (Wildman–Crippen LogP) is 4.62. The van der Waals surface area contributed by atoms with E-state index in [9.17, 15) is 0 Å². The lowest BCUT2D eigenvalue weighted by atomic mass is 9.97. The summed E-state index contributed by atoms with van der Waals surface area (Å²) in [6.07, 6.45) is 0. The van der Waals surface area contributed by atoms with E-state index in [2.05, 4.69) is 11.4 Å². The summed E-state index contributed by atoms with van der Waals surface area (Å²) in [5, 5.41) is 4.72. The van der Waals surface area contributed by atoms with Crippen LogP contribution in [0.5, 0.6) is 5.75 Å². The van der Waals surface area contributed by atoms with E-state index in [0.717, 1.165) is 27.5 Å². The van der Waals surface area contributed by atoms with Crippen molar-refractivity contribution in [2.75, 3.05) is 14.2 Å². The molecular formula is C16H17Cl2NO. The summed E-state index contributed by atoms with van der Waals surface area (Å²) >= 11 is 12.3. The molecule has 1 unspecified atom stereocenters. The van der Waals surface area contributed by atoms with Crippen molar-refractivity contribution in [2.24, 2.45) is 0 Å². The van der Waals surface area contributed by atoms with Crippen molar-refractivity contribution >= 4 is 23.2 Å². The molecular weight excluding hydrogens is 293 g/mol. The Morgan fingerprint density at radius 2 is 1.85 bits per heavy atom. The summed E-state index contributed by atoms with van der Waals surface area (Å²) in [4.78, 5) is 0. The van der Waals surface area contributed by atoms with Crippen LogP contribution in [0.1, 0.15) is 22.7 Å². The third-order valence-electron chi connectivity index (χ3n) is 3.32. The zero-order valence-corrected chi connectivity index (χ0v) is 13.2. The molecule has 2 nitrogen and oxygen atoms in total. The first-order valence-electron chi connectivity index (χ1n) is 6.33. The molecule has 0 spiro atoms. The van der Waals surface area contributed by atoms with Gasteiger partial charge in [-0.15, -0.1) is 0 Å². The standard InChI is InChI=1S/C16H17Cl2NO/c1-10-4-5-11(8-14(10)18)16(19-2)13-9-12(17)6-7-15(13)20-3/h4-9,16,19H,1-3H3. The zero-order valence-electron chi connectivity index (χ0n) is 11.7. The van der Waals surface area contributed by atoms with E-state index in [-0.39, 0.29) is 6.04 Å². The highest BCUT2D eigenvalue weighted by molar-refractivity contribution is 6.31. The highest BCUT2D eigenvalue weighted by Crippen LogP contribution is 2.33. The molecule has 2 rings (SSSR count). The van der Waals surface area contributed by atoms with Crippen LogP contribution >= 0.6 is 23.2 Å².